The first kappa shape index (κ1) is 17.1. The number of hydrogen-bond acceptors (Lipinski definition) is 5. The Hall–Kier alpha value is -2.04. The van der Waals surface area contributed by atoms with E-state index in [2.05, 4.69) is 6.92 Å². The van der Waals surface area contributed by atoms with Gasteiger partial charge in [0.15, 0.2) is 11.6 Å². The van der Waals surface area contributed by atoms with Crippen molar-refractivity contribution >= 4 is 23.1 Å². The van der Waals surface area contributed by atoms with Crippen LogP contribution in [0.3, 0.4) is 0 Å². The summed E-state index contributed by atoms with van der Waals surface area (Å²) in [6.45, 7) is 4.15. The number of rotatable bonds is 0. The summed E-state index contributed by atoms with van der Waals surface area (Å²) in [6.07, 6.45) is 4.59. The molecular weight excluding hydrogens is 342 g/mol. The predicted molar refractivity (Wildman–Crippen MR) is 97.3 cm³/mol. The summed E-state index contributed by atoms with van der Waals surface area (Å²) in [5, 5.41) is 0. The lowest BCUT2D eigenvalue weighted by Gasteiger charge is -2.57. The maximum absolute atomic E-state index is 12.8. The fraction of sp³-hybridized carbons (Fsp3) is 0.636. The Labute approximate surface area is 158 Å². The molecule has 0 aromatic rings. The Morgan fingerprint density at radius 1 is 0.926 bits per heavy atom. The van der Waals surface area contributed by atoms with Gasteiger partial charge in [-0.2, -0.15) is 0 Å². The zero-order chi connectivity index (χ0) is 19.3. The summed E-state index contributed by atoms with van der Waals surface area (Å²) in [7, 11) is 0. The van der Waals surface area contributed by atoms with Gasteiger partial charge in [0.1, 0.15) is 5.78 Å². The van der Waals surface area contributed by atoms with Gasteiger partial charge in [0, 0.05) is 22.8 Å². The van der Waals surface area contributed by atoms with Crippen LogP contribution >= 0.6 is 0 Å². The number of ketones is 4. The Kier molecular flexibility index (Phi) is 3.20. The molecule has 0 unspecified atom stereocenters. The van der Waals surface area contributed by atoms with E-state index in [4.69, 9.17) is 5.73 Å². The normalized spacial score (nSPS) is 43.7. The van der Waals surface area contributed by atoms with Gasteiger partial charge in [-0.05, 0) is 55.4 Å². The number of hydrogen-bond donors (Lipinski definition) is 1. The minimum Gasteiger partial charge on any atom is -0.396 e. The Bertz CT molecular complexity index is 909. The second kappa shape index (κ2) is 5.06. The Balaban J connectivity index is 1.68. The Morgan fingerprint density at radius 2 is 1.67 bits per heavy atom. The fourth-order valence-corrected chi connectivity index (χ4v) is 7.39. The van der Waals surface area contributed by atoms with Gasteiger partial charge in [-0.3, -0.25) is 19.2 Å². The number of fused-ring (bicyclic) bond motifs is 6. The molecule has 27 heavy (non-hydrogen) atoms. The summed E-state index contributed by atoms with van der Waals surface area (Å²) >= 11 is 0. The molecule has 3 fully saturated rings. The molecule has 0 aromatic carbocycles. The lowest BCUT2D eigenvalue weighted by Crippen LogP contribution is -2.53. The summed E-state index contributed by atoms with van der Waals surface area (Å²) in [5.74, 6) is 0.191. The lowest BCUT2D eigenvalue weighted by atomic mass is 9.46. The van der Waals surface area contributed by atoms with Crippen LogP contribution in [0.15, 0.2) is 22.4 Å². The third-order valence-corrected chi connectivity index (χ3v) is 8.69. The van der Waals surface area contributed by atoms with E-state index in [9.17, 15) is 19.2 Å². The van der Waals surface area contributed by atoms with E-state index >= 15 is 0 Å². The van der Waals surface area contributed by atoms with E-state index < -0.39 is 11.2 Å². The first-order chi connectivity index (χ1) is 12.7. The first-order valence-electron chi connectivity index (χ1n) is 10.1. The highest BCUT2D eigenvalue weighted by Crippen LogP contribution is 2.66. The third kappa shape index (κ3) is 1.81. The van der Waals surface area contributed by atoms with Crippen molar-refractivity contribution in [2.75, 3.05) is 0 Å². The summed E-state index contributed by atoms with van der Waals surface area (Å²) in [4.78, 5) is 50.5. The monoisotopic (exact) mass is 367 g/mol. The van der Waals surface area contributed by atoms with Crippen molar-refractivity contribution in [3.8, 4) is 0 Å². The van der Waals surface area contributed by atoms with Crippen molar-refractivity contribution in [1.29, 1.82) is 0 Å². The van der Waals surface area contributed by atoms with Crippen molar-refractivity contribution in [3.05, 3.63) is 22.4 Å². The smallest absolute Gasteiger partial charge is 0.212 e. The number of allylic oxidation sites excluding steroid dienone is 3. The molecule has 0 saturated heterocycles. The van der Waals surface area contributed by atoms with Gasteiger partial charge in [-0.1, -0.05) is 13.8 Å². The van der Waals surface area contributed by atoms with E-state index in [0.717, 1.165) is 31.3 Å². The quantitative estimate of drug-likeness (QED) is 0.524. The highest BCUT2D eigenvalue weighted by molar-refractivity contribution is 6.38. The van der Waals surface area contributed by atoms with Gasteiger partial charge in [0.05, 0.1) is 17.7 Å². The zero-order valence-electron chi connectivity index (χ0n) is 15.9. The van der Waals surface area contributed by atoms with Gasteiger partial charge in [0.2, 0.25) is 5.78 Å². The molecule has 0 heterocycles. The van der Waals surface area contributed by atoms with E-state index in [1.807, 2.05) is 6.92 Å². The summed E-state index contributed by atoms with van der Waals surface area (Å²) in [5.41, 5.74) is 6.90. The minimum absolute atomic E-state index is 0.0558. The molecule has 2 N–H and O–H groups in total. The SMILES string of the molecule is C[C@@]12C(=C(N)C(=O)C3=C1C(=O)CC3=O)CC[C@@H]1[C@@H]2CC[C@]2(C)C(=O)CC[C@@H]12. The molecule has 0 amide bonds. The van der Waals surface area contributed by atoms with Crippen molar-refractivity contribution in [3.63, 3.8) is 0 Å². The highest BCUT2D eigenvalue weighted by atomic mass is 16.2. The Morgan fingerprint density at radius 3 is 2.41 bits per heavy atom. The van der Waals surface area contributed by atoms with E-state index in [1.165, 1.54) is 0 Å². The minimum atomic E-state index is -0.632. The molecule has 142 valence electrons. The largest absolute Gasteiger partial charge is 0.396 e. The van der Waals surface area contributed by atoms with Crippen LogP contribution in [0, 0.1) is 28.6 Å². The van der Waals surface area contributed by atoms with Crippen LogP contribution in [0.4, 0.5) is 0 Å². The van der Waals surface area contributed by atoms with Gasteiger partial charge in [0.25, 0.3) is 0 Å². The average Bonchev–Trinajstić information content (AvgIpc) is 3.09. The van der Waals surface area contributed by atoms with Crippen LogP contribution in [0.5, 0.6) is 0 Å². The summed E-state index contributed by atoms with van der Waals surface area (Å²) in [6, 6.07) is 0. The third-order valence-electron chi connectivity index (χ3n) is 8.69. The second-order valence-corrected chi connectivity index (χ2v) is 9.53. The van der Waals surface area contributed by atoms with Crippen LogP contribution in [-0.2, 0) is 19.2 Å². The molecule has 5 nitrogen and oxygen atoms in total. The lowest BCUT2D eigenvalue weighted by molar-refractivity contribution is -0.132. The molecule has 3 saturated carbocycles. The van der Waals surface area contributed by atoms with E-state index in [0.29, 0.717) is 36.0 Å². The molecule has 5 atom stereocenters. The number of nitrogens with two attached hydrogens (primary N) is 1. The van der Waals surface area contributed by atoms with Crippen LogP contribution < -0.4 is 5.73 Å². The topological polar surface area (TPSA) is 94.3 Å². The van der Waals surface area contributed by atoms with Gasteiger partial charge < -0.3 is 5.73 Å². The maximum Gasteiger partial charge on any atom is 0.212 e. The van der Waals surface area contributed by atoms with Gasteiger partial charge in [-0.15, -0.1) is 0 Å². The van der Waals surface area contributed by atoms with Crippen molar-refractivity contribution in [2.24, 2.45) is 34.3 Å². The number of Topliss-reactive ketones (excluding diaryl/α,β-unsaturated/α-hetero) is 4. The molecule has 0 aliphatic heterocycles. The van der Waals surface area contributed by atoms with Gasteiger partial charge in [-0.25, -0.2) is 0 Å². The van der Waals surface area contributed by atoms with Crippen molar-refractivity contribution in [2.45, 2.75) is 58.8 Å². The predicted octanol–water partition coefficient (Wildman–Crippen LogP) is 2.43. The molecule has 0 spiro atoms. The molecule has 0 radical (unpaired) electrons. The van der Waals surface area contributed by atoms with Crippen LogP contribution in [0.2, 0.25) is 0 Å². The fourth-order valence-electron chi connectivity index (χ4n) is 7.39. The second-order valence-electron chi connectivity index (χ2n) is 9.53. The van der Waals surface area contributed by atoms with E-state index in [1.54, 1.807) is 0 Å². The molecule has 5 rings (SSSR count). The van der Waals surface area contributed by atoms with Crippen LogP contribution in [-0.4, -0.2) is 23.1 Å². The molecule has 5 aliphatic carbocycles. The van der Waals surface area contributed by atoms with E-state index in [-0.39, 0.29) is 40.6 Å². The van der Waals surface area contributed by atoms with Crippen LogP contribution in [0.25, 0.3) is 0 Å². The van der Waals surface area contributed by atoms with Crippen molar-refractivity contribution in [1.82, 2.24) is 0 Å². The molecule has 0 aromatic heterocycles. The van der Waals surface area contributed by atoms with Gasteiger partial charge >= 0.3 is 0 Å². The van der Waals surface area contributed by atoms with Crippen molar-refractivity contribution < 1.29 is 19.2 Å². The molecule has 5 heteroatoms. The number of carbonyl (C=O) groups is 4. The molecular formula is C22H25NO4. The standard InChI is InChI=1S/C22H25NO4/c1-21-8-7-12-10(11(21)5-6-16(21)26)3-4-13-19(23)20(27)17-14(24)9-15(25)18(17)22(12,13)2/h10-12H,3-9,23H2,1-2H3/t10-,11-,12-,21-,22+/m0/s1. The zero-order valence-corrected chi connectivity index (χ0v) is 15.9. The maximum atomic E-state index is 12.8. The molecule has 5 aliphatic rings. The highest BCUT2D eigenvalue weighted by Gasteiger charge is 2.63. The number of carbonyl (C=O) groups excluding carboxylic acids is 4. The molecule has 0 bridgehead atoms. The first-order valence-corrected chi connectivity index (χ1v) is 10.1. The average molecular weight is 367 g/mol. The summed E-state index contributed by atoms with van der Waals surface area (Å²) < 4.78 is 0. The van der Waals surface area contributed by atoms with Crippen LogP contribution in [0.1, 0.15) is 58.8 Å².